The molecule has 2 fully saturated rings. The molecular weight excluding hydrogens is 267 g/mol. The van der Waals surface area contributed by atoms with E-state index in [0.29, 0.717) is 11.6 Å². The molecule has 2 heterocycles. The lowest BCUT2D eigenvalue weighted by molar-refractivity contribution is 0.0663. The minimum absolute atomic E-state index is 0.00481. The van der Waals surface area contributed by atoms with E-state index in [9.17, 15) is 9.18 Å². The summed E-state index contributed by atoms with van der Waals surface area (Å²) in [6.45, 7) is 3.78. The fourth-order valence-electron chi connectivity index (χ4n) is 3.85. The summed E-state index contributed by atoms with van der Waals surface area (Å²) in [6, 6.07) is 5.23. The molecular formula is C17H23FN2O. The monoisotopic (exact) mass is 290 g/mol. The van der Waals surface area contributed by atoms with Crippen molar-refractivity contribution in [1.29, 1.82) is 0 Å². The largest absolute Gasteiger partial charge is 0.334 e. The highest BCUT2D eigenvalue weighted by Gasteiger charge is 2.38. The van der Waals surface area contributed by atoms with Crippen molar-refractivity contribution in [2.75, 3.05) is 20.1 Å². The SMILES string of the molecule is Cc1ccc(F)cc1C(=O)N1CCC[C@@H]1[C@@H]1CCCN1C. The number of likely N-dealkylation sites (tertiary alicyclic amines) is 2. The number of carbonyl (C=O) groups excluding carboxylic acids is 1. The topological polar surface area (TPSA) is 23.6 Å². The number of carbonyl (C=O) groups is 1. The third kappa shape index (κ3) is 2.69. The van der Waals surface area contributed by atoms with Crippen LogP contribution in [0.25, 0.3) is 0 Å². The van der Waals surface area contributed by atoms with Crippen molar-refractivity contribution >= 4 is 5.91 Å². The van der Waals surface area contributed by atoms with Crippen LogP contribution in [0, 0.1) is 12.7 Å². The molecule has 114 valence electrons. The molecule has 21 heavy (non-hydrogen) atoms. The number of amides is 1. The minimum atomic E-state index is -0.335. The average molecular weight is 290 g/mol. The minimum Gasteiger partial charge on any atom is -0.334 e. The highest BCUT2D eigenvalue weighted by molar-refractivity contribution is 5.96. The predicted octanol–water partition coefficient (Wildman–Crippen LogP) is 2.83. The third-order valence-electron chi connectivity index (χ3n) is 5.01. The van der Waals surface area contributed by atoms with E-state index < -0.39 is 0 Å². The van der Waals surface area contributed by atoms with Gasteiger partial charge in [-0.15, -0.1) is 0 Å². The standard InChI is InChI=1S/C17H23FN2O/c1-12-7-8-13(18)11-14(12)17(21)20-10-4-6-16(20)15-5-3-9-19(15)2/h7-8,11,15-16H,3-6,9-10H2,1-2H3/t15-,16+/m0/s1. The van der Waals surface area contributed by atoms with Crippen LogP contribution in [0.4, 0.5) is 4.39 Å². The van der Waals surface area contributed by atoms with Gasteiger partial charge >= 0.3 is 0 Å². The number of aryl methyl sites for hydroxylation is 1. The Balaban J connectivity index is 1.84. The fourth-order valence-corrected chi connectivity index (χ4v) is 3.85. The van der Waals surface area contributed by atoms with E-state index in [1.165, 1.54) is 18.6 Å². The first-order chi connectivity index (χ1) is 10.1. The zero-order valence-electron chi connectivity index (χ0n) is 12.8. The smallest absolute Gasteiger partial charge is 0.254 e. The van der Waals surface area contributed by atoms with Crippen LogP contribution in [0.2, 0.25) is 0 Å². The van der Waals surface area contributed by atoms with E-state index in [0.717, 1.165) is 37.9 Å². The molecule has 0 bridgehead atoms. The van der Waals surface area contributed by atoms with E-state index in [1.54, 1.807) is 6.07 Å². The Morgan fingerprint density at radius 2 is 1.90 bits per heavy atom. The summed E-state index contributed by atoms with van der Waals surface area (Å²) in [5.74, 6) is -0.340. The molecule has 0 aromatic heterocycles. The van der Waals surface area contributed by atoms with Crippen molar-refractivity contribution in [3.63, 3.8) is 0 Å². The first kappa shape index (κ1) is 14.5. The van der Waals surface area contributed by atoms with E-state index in [1.807, 2.05) is 11.8 Å². The Labute approximate surface area is 125 Å². The van der Waals surface area contributed by atoms with Crippen LogP contribution in [0.3, 0.4) is 0 Å². The van der Waals surface area contributed by atoms with Crippen molar-refractivity contribution in [3.05, 3.63) is 35.1 Å². The maximum Gasteiger partial charge on any atom is 0.254 e. The van der Waals surface area contributed by atoms with Crippen molar-refractivity contribution < 1.29 is 9.18 Å². The summed E-state index contributed by atoms with van der Waals surface area (Å²) in [7, 11) is 2.14. The third-order valence-corrected chi connectivity index (χ3v) is 5.01. The first-order valence-electron chi connectivity index (χ1n) is 7.85. The molecule has 0 N–H and O–H groups in total. The van der Waals surface area contributed by atoms with Gasteiger partial charge in [-0.2, -0.15) is 0 Å². The van der Waals surface area contributed by atoms with Gasteiger partial charge in [0.1, 0.15) is 5.82 Å². The molecule has 1 aromatic carbocycles. The van der Waals surface area contributed by atoms with E-state index in [-0.39, 0.29) is 17.8 Å². The lowest BCUT2D eigenvalue weighted by Gasteiger charge is -2.33. The molecule has 0 saturated carbocycles. The summed E-state index contributed by atoms with van der Waals surface area (Å²) >= 11 is 0. The maximum absolute atomic E-state index is 13.5. The summed E-state index contributed by atoms with van der Waals surface area (Å²) in [5, 5.41) is 0. The molecule has 3 nitrogen and oxygen atoms in total. The van der Waals surface area contributed by atoms with Crippen LogP contribution in [0.5, 0.6) is 0 Å². The van der Waals surface area contributed by atoms with Gasteiger partial charge in [0.2, 0.25) is 0 Å². The van der Waals surface area contributed by atoms with E-state index in [4.69, 9.17) is 0 Å². The molecule has 4 heteroatoms. The van der Waals surface area contributed by atoms with Gasteiger partial charge < -0.3 is 9.80 Å². The Bertz CT molecular complexity index is 546. The van der Waals surface area contributed by atoms with Crippen molar-refractivity contribution in [2.45, 2.75) is 44.7 Å². The molecule has 0 aliphatic carbocycles. The van der Waals surface area contributed by atoms with Crippen molar-refractivity contribution in [2.24, 2.45) is 0 Å². The van der Waals surface area contributed by atoms with Crippen LogP contribution in [-0.4, -0.2) is 47.9 Å². The Morgan fingerprint density at radius 1 is 1.19 bits per heavy atom. The van der Waals surface area contributed by atoms with Gasteiger partial charge in [0, 0.05) is 24.2 Å². The van der Waals surface area contributed by atoms with Gasteiger partial charge in [0.25, 0.3) is 5.91 Å². The highest BCUT2D eigenvalue weighted by atomic mass is 19.1. The number of hydrogen-bond acceptors (Lipinski definition) is 2. The summed E-state index contributed by atoms with van der Waals surface area (Å²) in [6.07, 6.45) is 4.48. The zero-order valence-corrected chi connectivity index (χ0v) is 12.8. The Morgan fingerprint density at radius 3 is 2.62 bits per heavy atom. The number of benzene rings is 1. The van der Waals surface area contributed by atoms with Gasteiger partial charge in [-0.3, -0.25) is 4.79 Å². The Kier molecular flexibility index (Phi) is 3.98. The second kappa shape index (κ2) is 5.76. The number of rotatable bonds is 2. The van der Waals surface area contributed by atoms with E-state index >= 15 is 0 Å². The van der Waals surface area contributed by atoms with Gasteiger partial charge in [-0.05, 0) is 63.9 Å². The molecule has 1 amide bonds. The first-order valence-corrected chi connectivity index (χ1v) is 7.85. The molecule has 2 atom stereocenters. The Hall–Kier alpha value is -1.42. The predicted molar refractivity (Wildman–Crippen MR) is 80.8 cm³/mol. The lowest BCUT2D eigenvalue weighted by atomic mass is 10.0. The van der Waals surface area contributed by atoms with Crippen LogP contribution >= 0.6 is 0 Å². The molecule has 0 radical (unpaired) electrons. The van der Waals surface area contributed by atoms with Gasteiger partial charge in [-0.1, -0.05) is 6.07 Å². The molecule has 0 unspecified atom stereocenters. The van der Waals surface area contributed by atoms with Crippen LogP contribution in [0.1, 0.15) is 41.6 Å². The number of hydrogen-bond donors (Lipinski definition) is 0. The summed E-state index contributed by atoms with van der Waals surface area (Å²) < 4.78 is 13.5. The summed E-state index contributed by atoms with van der Waals surface area (Å²) in [5.41, 5.74) is 1.37. The number of nitrogens with zero attached hydrogens (tertiary/aromatic N) is 2. The van der Waals surface area contributed by atoms with Gasteiger partial charge in [-0.25, -0.2) is 4.39 Å². The number of likely N-dealkylation sites (N-methyl/N-ethyl adjacent to an activating group) is 1. The highest BCUT2D eigenvalue weighted by Crippen LogP contribution is 2.30. The summed E-state index contributed by atoms with van der Waals surface area (Å²) in [4.78, 5) is 17.2. The van der Waals surface area contributed by atoms with Gasteiger partial charge in [0.05, 0.1) is 0 Å². The second-order valence-electron chi connectivity index (χ2n) is 6.36. The van der Waals surface area contributed by atoms with Crippen LogP contribution in [0.15, 0.2) is 18.2 Å². The average Bonchev–Trinajstić information content (AvgIpc) is 3.08. The maximum atomic E-state index is 13.5. The number of halogens is 1. The van der Waals surface area contributed by atoms with E-state index in [2.05, 4.69) is 11.9 Å². The molecule has 2 saturated heterocycles. The second-order valence-corrected chi connectivity index (χ2v) is 6.36. The normalized spacial score (nSPS) is 26.5. The van der Waals surface area contributed by atoms with Crippen molar-refractivity contribution in [3.8, 4) is 0 Å². The molecule has 1 aromatic rings. The molecule has 2 aliphatic rings. The van der Waals surface area contributed by atoms with Crippen LogP contribution < -0.4 is 0 Å². The molecule has 2 aliphatic heterocycles. The molecule has 3 rings (SSSR count). The molecule has 0 spiro atoms. The van der Waals surface area contributed by atoms with Gasteiger partial charge in [0.15, 0.2) is 0 Å². The van der Waals surface area contributed by atoms with Crippen molar-refractivity contribution in [1.82, 2.24) is 9.80 Å². The lowest BCUT2D eigenvalue weighted by Crippen LogP contribution is -2.47. The fraction of sp³-hybridized carbons (Fsp3) is 0.588. The zero-order chi connectivity index (χ0) is 15.0. The van der Waals surface area contributed by atoms with Crippen LogP contribution in [-0.2, 0) is 0 Å². The quantitative estimate of drug-likeness (QED) is 0.836.